The van der Waals surface area contributed by atoms with E-state index < -0.39 is 0 Å². The fourth-order valence-corrected chi connectivity index (χ4v) is 5.21. The zero-order valence-corrected chi connectivity index (χ0v) is 18.4. The molecule has 0 bridgehead atoms. The van der Waals surface area contributed by atoms with Crippen molar-refractivity contribution in [2.75, 3.05) is 19.2 Å². The first-order chi connectivity index (χ1) is 15.3. The van der Waals surface area contributed by atoms with E-state index in [0.717, 1.165) is 54.6 Å². The number of thioether (sulfide) groups is 1. The molecule has 8 nitrogen and oxygen atoms in total. The van der Waals surface area contributed by atoms with Crippen molar-refractivity contribution in [3.8, 4) is 22.9 Å². The maximum Gasteiger partial charge on any atom is 0.231 e. The number of rotatable bonds is 7. The summed E-state index contributed by atoms with van der Waals surface area (Å²) in [5.74, 6) is 2.60. The summed E-state index contributed by atoms with van der Waals surface area (Å²) < 4.78 is 18.9. The number of ether oxygens (including phenoxy) is 3. The summed E-state index contributed by atoms with van der Waals surface area (Å²) in [5.41, 5.74) is 0.910. The molecule has 1 aliphatic carbocycles. The normalized spacial score (nSPS) is 20.8. The van der Waals surface area contributed by atoms with E-state index in [2.05, 4.69) is 20.1 Å². The summed E-state index contributed by atoms with van der Waals surface area (Å²) >= 11 is 1.43. The van der Waals surface area contributed by atoms with E-state index in [-0.39, 0.29) is 18.8 Å². The van der Waals surface area contributed by atoms with Crippen LogP contribution in [0.3, 0.4) is 0 Å². The Balaban J connectivity index is 1.32. The van der Waals surface area contributed by atoms with Crippen LogP contribution in [-0.4, -0.2) is 52.0 Å². The van der Waals surface area contributed by atoms with E-state index in [1.165, 1.54) is 31.0 Å². The van der Waals surface area contributed by atoms with Gasteiger partial charge in [-0.15, -0.1) is 10.2 Å². The lowest BCUT2D eigenvalue weighted by Crippen LogP contribution is -2.37. The molecule has 31 heavy (non-hydrogen) atoms. The van der Waals surface area contributed by atoms with E-state index in [1.54, 1.807) is 0 Å². The first-order valence-corrected chi connectivity index (χ1v) is 12.1. The Labute approximate surface area is 186 Å². The molecule has 0 spiro atoms. The summed E-state index contributed by atoms with van der Waals surface area (Å²) in [7, 11) is 0. The standard InChI is InChI=1S/C22H28N4O4S/c27-20(23-16-5-2-1-3-6-16)13-31-22-25-24-21(26(22)12-17-7-4-10-28-17)15-8-9-18-19(11-15)30-14-29-18/h8-9,11,16-17H,1-7,10,12-14H2,(H,23,27). The van der Waals surface area contributed by atoms with Crippen molar-refractivity contribution in [2.45, 2.75) is 68.8 Å². The maximum absolute atomic E-state index is 12.5. The average Bonchev–Trinajstić information content (AvgIpc) is 3.54. The molecule has 5 rings (SSSR count). The van der Waals surface area contributed by atoms with E-state index in [4.69, 9.17) is 14.2 Å². The smallest absolute Gasteiger partial charge is 0.231 e. The first-order valence-electron chi connectivity index (χ1n) is 11.1. The van der Waals surface area contributed by atoms with Gasteiger partial charge in [0.25, 0.3) is 0 Å². The third kappa shape index (κ3) is 4.82. The fraction of sp³-hybridized carbons (Fsp3) is 0.591. The Kier molecular flexibility index (Phi) is 6.31. The molecule has 2 fully saturated rings. The lowest BCUT2D eigenvalue weighted by molar-refractivity contribution is -0.119. The maximum atomic E-state index is 12.5. The van der Waals surface area contributed by atoms with Crippen LogP contribution in [0, 0.1) is 0 Å². The van der Waals surface area contributed by atoms with Crippen LogP contribution < -0.4 is 14.8 Å². The topological polar surface area (TPSA) is 87.5 Å². The van der Waals surface area contributed by atoms with Crippen LogP contribution in [0.5, 0.6) is 11.5 Å². The second-order valence-corrected chi connectivity index (χ2v) is 9.25. The molecule has 3 aliphatic rings. The molecular weight excluding hydrogens is 416 g/mol. The number of hydrogen-bond donors (Lipinski definition) is 1. The van der Waals surface area contributed by atoms with Crippen LogP contribution >= 0.6 is 11.8 Å². The highest BCUT2D eigenvalue weighted by atomic mass is 32.2. The molecule has 166 valence electrons. The molecule has 1 amide bonds. The van der Waals surface area contributed by atoms with Gasteiger partial charge in [-0.1, -0.05) is 31.0 Å². The number of benzene rings is 1. The van der Waals surface area contributed by atoms with Crippen LogP contribution in [0.2, 0.25) is 0 Å². The Bertz CT molecular complexity index is 922. The van der Waals surface area contributed by atoms with Gasteiger partial charge < -0.3 is 19.5 Å². The monoisotopic (exact) mass is 444 g/mol. The highest BCUT2D eigenvalue weighted by Gasteiger charge is 2.24. The molecule has 1 aromatic heterocycles. The predicted molar refractivity (Wildman–Crippen MR) is 116 cm³/mol. The molecule has 1 unspecified atom stereocenters. The summed E-state index contributed by atoms with van der Waals surface area (Å²) in [5, 5.41) is 12.8. The number of nitrogens with zero attached hydrogens (tertiary/aromatic N) is 3. The Morgan fingerprint density at radius 1 is 1.10 bits per heavy atom. The third-order valence-corrected chi connectivity index (χ3v) is 7.03. The third-order valence-electron chi connectivity index (χ3n) is 6.06. The number of carbonyl (C=O) groups is 1. The number of fused-ring (bicyclic) bond motifs is 1. The SMILES string of the molecule is O=C(CSc1nnc(-c2ccc3c(c2)OCO3)n1CC1CCCO1)NC1CCCCC1. The second kappa shape index (κ2) is 9.48. The van der Waals surface area contributed by atoms with Crippen LogP contribution in [-0.2, 0) is 16.1 Å². The average molecular weight is 445 g/mol. The molecule has 1 saturated carbocycles. The molecule has 1 aromatic carbocycles. The van der Waals surface area contributed by atoms with Gasteiger partial charge in [-0.2, -0.15) is 0 Å². The van der Waals surface area contributed by atoms with E-state index in [9.17, 15) is 4.79 Å². The highest BCUT2D eigenvalue weighted by molar-refractivity contribution is 7.99. The summed E-state index contributed by atoms with van der Waals surface area (Å²) in [6, 6.07) is 6.11. The lowest BCUT2D eigenvalue weighted by Gasteiger charge is -2.22. The zero-order valence-electron chi connectivity index (χ0n) is 17.5. The van der Waals surface area contributed by atoms with Crippen molar-refractivity contribution >= 4 is 17.7 Å². The number of hydrogen-bond acceptors (Lipinski definition) is 7. The number of carbonyl (C=O) groups excluding carboxylic acids is 1. The van der Waals surface area contributed by atoms with Gasteiger partial charge in [-0.05, 0) is 43.9 Å². The predicted octanol–water partition coefficient (Wildman–Crippen LogP) is 3.39. The molecule has 0 radical (unpaired) electrons. The molecule has 1 N–H and O–H groups in total. The molecule has 9 heteroatoms. The quantitative estimate of drug-likeness (QED) is 0.655. The highest BCUT2D eigenvalue weighted by Crippen LogP contribution is 2.36. The van der Waals surface area contributed by atoms with Gasteiger partial charge in [-0.3, -0.25) is 9.36 Å². The molecule has 2 aromatic rings. The number of nitrogens with one attached hydrogen (secondary N) is 1. The van der Waals surface area contributed by atoms with Crippen molar-refractivity contribution in [3.05, 3.63) is 18.2 Å². The molecule has 1 atom stereocenters. The zero-order chi connectivity index (χ0) is 21.0. The van der Waals surface area contributed by atoms with Crippen LogP contribution in [0.15, 0.2) is 23.4 Å². The van der Waals surface area contributed by atoms with Crippen molar-refractivity contribution in [1.82, 2.24) is 20.1 Å². The minimum absolute atomic E-state index is 0.0631. The number of aromatic nitrogens is 3. The van der Waals surface area contributed by atoms with Crippen LogP contribution in [0.25, 0.3) is 11.4 Å². The van der Waals surface area contributed by atoms with Gasteiger partial charge in [0.15, 0.2) is 22.5 Å². The molecular formula is C22H28N4O4S. The van der Waals surface area contributed by atoms with Gasteiger partial charge in [0, 0.05) is 18.2 Å². The van der Waals surface area contributed by atoms with E-state index in [1.807, 2.05) is 18.2 Å². The van der Waals surface area contributed by atoms with Gasteiger partial charge in [-0.25, -0.2) is 0 Å². The molecule has 2 aliphatic heterocycles. The van der Waals surface area contributed by atoms with Crippen molar-refractivity contribution in [2.24, 2.45) is 0 Å². The van der Waals surface area contributed by atoms with Crippen molar-refractivity contribution < 1.29 is 19.0 Å². The van der Waals surface area contributed by atoms with Gasteiger partial charge in [0.05, 0.1) is 18.4 Å². The summed E-state index contributed by atoms with van der Waals surface area (Å²) in [4.78, 5) is 12.5. The Morgan fingerprint density at radius 2 is 1.97 bits per heavy atom. The summed E-state index contributed by atoms with van der Waals surface area (Å²) in [6.07, 6.45) is 8.07. The van der Waals surface area contributed by atoms with Crippen molar-refractivity contribution in [3.63, 3.8) is 0 Å². The van der Waals surface area contributed by atoms with E-state index >= 15 is 0 Å². The summed E-state index contributed by atoms with van der Waals surface area (Å²) in [6.45, 7) is 1.69. The van der Waals surface area contributed by atoms with E-state index in [0.29, 0.717) is 24.1 Å². The van der Waals surface area contributed by atoms with Gasteiger partial charge >= 0.3 is 0 Å². The van der Waals surface area contributed by atoms with Crippen LogP contribution in [0.1, 0.15) is 44.9 Å². The molecule has 3 heterocycles. The van der Waals surface area contributed by atoms with Crippen molar-refractivity contribution in [1.29, 1.82) is 0 Å². The van der Waals surface area contributed by atoms with Gasteiger partial charge in [0.1, 0.15) is 0 Å². The lowest BCUT2D eigenvalue weighted by atomic mass is 9.95. The van der Waals surface area contributed by atoms with Gasteiger partial charge in [0.2, 0.25) is 12.7 Å². The fourth-order valence-electron chi connectivity index (χ4n) is 4.45. The Morgan fingerprint density at radius 3 is 2.81 bits per heavy atom. The second-order valence-electron chi connectivity index (χ2n) is 8.31. The minimum Gasteiger partial charge on any atom is -0.454 e. The number of amides is 1. The largest absolute Gasteiger partial charge is 0.454 e. The minimum atomic E-state index is 0.0631. The first kappa shape index (κ1) is 20.6. The molecule has 1 saturated heterocycles. The Hall–Kier alpha value is -2.26. The van der Waals surface area contributed by atoms with Crippen LogP contribution in [0.4, 0.5) is 0 Å².